The topological polar surface area (TPSA) is 48.4 Å². The molecule has 26 heavy (non-hydrogen) atoms. The van der Waals surface area contributed by atoms with Crippen LogP contribution < -0.4 is 9.47 Å². The zero-order valence-electron chi connectivity index (χ0n) is 15.4. The number of rotatable bonds is 5. The first-order chi connectivity index (χ1) is 12.5. The fourth-order valence-corrected chi connectivity index (χ4v) is 3.11. The molecule has 0 atom stereocenters. The maximum atomic E-state index is 12.2. The molecular formula is C22H21NO3. The van der Waals surface area contributed by atoms with Crippen molar-refractivity contribution in [2.45, 2.75) is 13.8 Å². The Hall–Kier alpha value is -3.14. The molecule has 0 aliphatic heterocycles. The number of Topliss-reactive ketones (excluding diaryl/α,β-unsaturated/α-hetero) is 1. The number of carbonyl (C=O) groups excluding carboxylic acids is 1. The van der Waals surface area contributed by atoms with Gasteiger partial charge in [0.1, 0.15) is 11.5 Å². The fourth-order valence-electron chi connectivity index (χ4n) is 3.11. The van der Waals surface area contributed by atoms with Gasteiger partial charge in [0.25, 0.3) is 0 Å². The molecule has 0 fully saturated rings. The average Bonchev–Trinajstić information content (AvgIpc) is 2.65. The zero-order chi connectivity index (χ0) is 18.7. The summed E-state index contributed by atoms with van der Waals surface area (Å²) in [4.78, 5) is 16.8. The second-order valence-electron chi connectivity index (χ2n) is 6.00. The lowest BCUT2D eigenvalue weighted by Gasteiger charge is -2.11. The van der Waals surface area contributed by atoms with Gasteiger partial charge in [-0.05, 0) is 37.6 Å². The predicted molar refractivity (Wildman–Crippen MR) is 105 cm³/mol. The molecule has 0 aliphatic rings. The third-order valence-electron chi connectivity index (χ3n) is 4.34. The van der Waals surface area contributed by atoms with Crippen LogP contribution in [0.25, 0.3) is 23.1 Å². The third-order valence-corrected chi connectivity index (χ3v) is 4.34. The van der Waals surface area contributed by atoms with E-state index >= 15 is 0 Å². The first-order valence-corrected chi connectivity index (χ1v) is 8.35. The van der Waals surface area contributed by atoms with E-state index in [1.807, 2.05) is 61.5 Å². The summed E-state index contributed by atoms with van der Waals surface area (Å²) in [7, 11) is 3.24. The Morgan fingerprint density at radius 1 is 1.04 bits per heavy atom. The van der Waals surface area contributed by atoms with Gasteiger partial charge in [0.15, 0.2) is 5.78 Å². The molecular weight excluding hydrogens is 326 g/mol. The maximum absolute atomic E-state index is 12.2. The minimum Gasteiger partial charge on any atom is -0.497 e. The van der Waals surface area contributed by atoms with E-state index in [1.165, 1.54) is 0 Å². The van der Waals surface area contributed by atoms with Crippen molar-refractivity contribution in [1.82, 2.24) is 4.98 Å². The number of hydrogen-bond donors (Lipinski definition) is 0. The molecule has 132 valence electrons. The van der Waals surface area contributed by atoms with Gasteiger partial charge in [0.2, 0.25) is 0 Å². The summed E-state index contributed by atoms with van der Waals surface area (Å²) in [6.45, 7) is 3.44. The normalized spacial score (nSPS) is 11.1. The molecule has 0 aliphatic carbocycles. The second kappa shape index (κ2) is 7.40. The van der Waals surface area contributed by atoms with Gasteiger partial charge in [-0.25, -0.2) is 0 Å². The van der Waals surface area contributed by atoms with Crippen molar-refractivity contribution in [3.63, 3.8) is 0 Å². The molecule has 1 aromatic heterocycles. The van der Waals surface area contributed by atoms with Crippen LogP contribution in [0.1, 0.15) is 34.1 Å². The van der Waals surface area contributed by atoms with Crippen LogP contribution in [0, 0.1) is 6.92 Å². The highest BCUT2D eigenvalue weighted by Gasteiger charge is 2.14. The van der Waals surface area contributed by atoms with Gasteiger partial charge < -0.3 is 9.47 Å². The summed E-state index contributed by atoms with van der Waals surface area (Å²) in [5.41, 5.74) is 4.03. The molecule has 2 aromatic carbocycles. The summed E-state index contributed by atoms with van der Waals surface area (Å²) >= 11 is 0. The first kappa shape index (κ1) is 17.7. The number of nitrogens with zero attached hydrogens (tertiary/aromatic N) is 1. The van der Waals surface area contributed by atoms with Crippen LogP contribution in [-0.2, 0) is 0 Å². The lowest BCUT2D eigenvalue weighted by Crippen LogP contribution is -2.03. The van der Waals surface area contributed by atoms with Crippen molar-refractivity contribution < 1.29 is 14.3 Å². The maximum Gasteiger partial charge on any atom is 0.162 e. The molecule has 4 nitrogen and oxygen atoms in total. The molecule has 3 aromatic rings. The van der Waals surface area contributed by atoms with E-state index in [0.717, 1.165) is 33.5 Å². The van der Waals surface area contributed by atoms with Crippen molar-refractivity contribution in [3.05, 3.63) is 64.8 Å². The van der Waals surface area contributed by atoms with Gasteiger partial charge in [0.05, 0.1) is 19.7 Å². The van der Waals surface area contributed by atoms with Crippen molar-refractivity contribution in [2.75, 3.05) is 14.2 Å². The van der Waals surface area contributed by atoms with E-state index in [-0.39, 0.29) is 5.78 Å². The van der Waals surface area contributed by atoms with E-state index in [1.54, 1.807) is 21.1 Å². The molecule has 0 saturated heterocycles. The van der Waals surface area contributed by atoms with Gasteiger partial charge in [0, 0.05) is 28.3 Å². The van der Waals surface area contributed by atoms with Crippen LogP contribution in [0.4, 0.5) is 0 Å². The number of fused-ring (bicyclic) bond motifs is 1. The molecule has 0 radical (unpaired) electrons. The van der Waals surface area contributed by atoms with E-state index in [2.05, 4.69) is 4.98 Å². The lowest BCUT2D eigenvalue weighted by atomic mass is 9.97. The molecule has 0 amide bonds. The highest BCUT2D eigenvalue weighted by molar-refractivity contribution is 6.06. The van der Waals surface area contributed by atoms with Crippen molar-refractivity contribution >= 4 is 28.8 Å². The molecule has 4 heteroatoms. The van der Waals surface area contributed by atoms with E-state index in [0.29, 0.717) is 11.3 Å². The molecule has 0 saturated carbocycles. The van der Waals surface area contributed by atoms with Gasteiger partial charge in [-0.3, -0.25) is 9.78 Å². The van der Waals surface area contributed by atoms with Crippen LogP contribution in [-0.4, -0.2) is 25.0 Å². The van der Waals surface area contributed by atoms with Gasteiger partial charge >= 0.3 is 0 Å². The van der Waals surface area contributed by atoms with Crippen LogP contribution in [0.15, 0.2) is 42.5 Å². The zero-order valence-corrected chi connectivity index (χ0v) is 15.4. The van der Waals surface area contributed by atoms with Crippen molar-refractivity contribution in [2.24, 2.45) is 0 Å². The number of pyridine rings is 1. The smallest absolute Gasteiger partial charge is 0.162 e. The Morgan fingerprint density at radius 2 is 1.81 bits per heavy atom. The van der Waals surface area contributed by atoms with E-state index in [4.69, 9.17) is 9.47 Å². The summed E-state index contributed by atoms with van der Waals surface area (Å²) in [6, 6.07) is 13.5. The minimum absolute atomic E-state index is 0.00194. The Morgan fingerprint density at radius 3 is 2.50 bits per heavy atom. The molecule has 1 heterocycles. The Bertz CT molecular complexity index is 1010. The molecule has 0 N–H and O–H groups in total. The standard InChI is InChI=1S/C22H21NO3/c1-14-22(15(2)24)19(18-7-5-6-8-20(18)23-14)12-10-16-9-11-17(25-3)13-21(16)26-4/h5-13H,1-4H3/b12-10+. The minimum atomic E-state index is 0.00194. The number of hydrogen-bond acceptors (Lipinski definition) is 4. The quantitative estimate of drug-likeness (QED) is 0.614. The van der Waals surface area contributed by atoms with Crippen LogP contribution in [0.3, 0.4) is 0 Å². The SMILES string of the molecule is COc1ccc(/C=C/c2c(C(C)=O)c(C)nc3ccccc23)c(OC)c1. The Balaban J connectivity index is 2.18. The summed E-state index contributed by atoms with van der Waals surface area (Å²) in [6.07, 6.45) is 3.91. The average molecular weight is 347 g/mol. The second-order valence-corrected chi connectivity index (χ2v) is 6.00. The number of methoxy groups -OCH3 is 2. The lowest BCUT2D eigenvalue weighted by molar-refractivity contribution is 0.101. The molecule has 0 unspecified atom stereocenters. The number of ether oxygens (including phenoxy) is 2. The monoisotopic (exact) mass is 347 g/mol. The molecule has 0 spiro atoms. The van der Waals surface area contributed by atoms with Crippen LogP contribution in [0.2, 0.25) is 0 Å². The Labute approximate surface area is 153 Å². The molecule has 3 rings (SSSR count). The van der Waals surface area contributed by atoms with E-state index in [9.17, 15) is 4.79 Å². The predicted octanol–water partition coefficient (Wildman–Crippen LogP) is 4.93. The highest BCUT2D eigenvalue weighted by atomic mass is 16.5. The molecule has 0 bridgehead atoms. The number of ketones is 1. The number of carbonyl (C=O) groups is 1. The largest absolute Gasteiger partial charge is 0.497 e. The van der Waals surface area contributed by atoms with E-state index < -0.39 is 0 Å². The van der Waals surface area contributed by atoms with Crippen LogP contribution in [0.5, 0.6) is 11.5 Å². The van der Waals surface area contributed by atoms with Gasteiger partial charge in [-0.15, -0.1) is 0 Å². The van der Waals surface area contributed by atoms with Crippen LogP contribution >= 0.6 is 0 Å². The van der Waals surface area contributed by atoms with Gasteiger partial charge in [-0.2, -0.15) is 0 Å². The first-order valence-electron chi connectivity index (χ1n) is 8.35. The van der Waals surface area contributed by atoms with Crippen molar-refractivity contribution in [3.8, 4) is 11.5 Å². The Kier molecular flexibility index (Phi) is 5.03. The third kappa shape index (κ3) is 3.31. The summed E-state index contributed by atoms with van der Waals surface area (Å²) < 4.78 is 10.7. The number of aryl methyl sites for hydroxylation is 1. The van der Waals surface area contributed by atoms with Gasteiger partial charge in [-0.1, -0.05) is 30.4 Å². The number of benzene rings is 2. The van der Waals surface area contributed by atoms with Crippen molar-refractivity contribution in [1.29, 1.82) is 0 Å². The summed E-state index contributed by atoms with van der Waals surface area (Å²) in [5.74, 6) is 1.44. The highest BCUT2D eigenvalue weighted by Crippen LogP contribution is 2.29. The number of para-hydroxylation sites is 1. The fraction of sp³-hybridized carbons (Fsp3) is 0.182. The summed E-state index contributed by atoms with van der Waals surface area (Å²) in [5, 5.41) is 0.951. The number of aromatic nitrogens is 1.